The van der Waals surface area contributed by atoms with Crippen molar-refractivity contribution in [3.63, 3.8) is 0 Å². The zero-order chi connectivity index (χ0) is 22.8. The Kier molecular flexibility index (Phi) is 6.24. The molecule has 0 fully saturated rings. The van der Waals surface area contributed by atoms with E-state index < -0.39 is 29.4 Å². The topological polar surface area (TPSA) is 74.6 Å². The lowest BCUT2D eigenvalue weighted by Crippen LogP contribution is -2.31. The summed E-state index contributed by atoms with van der Waals surface area (Å²) in [5, 5.41) is 5.48. The molecule has 2 aromatic carbocycles. The van der Waals surface area contributed by atoms with E-state index in [1.54, 1.807) is 0 Å². The van der Waals surface area contributed by atoms with Gasteiger partial charge in [0.2, 0.25) is 5.91 Å². The summed E-state index contributed by atoms with van der Waals surface area (Å²) in [6, 6.07) is 9.89. The fraction of sp³-hybridized carbons (Fsp3) is 0.273. The summed E-state index contributed by atoms with van der Waals surface area (Å²) in [6.45, 7) is 3.28. The summed E-state index contributed by atoms with van der Waals surface area (Å²) in [5.74, 6) is 0.222. The molecule has 164 valence electrons. The van der Waals surface area contributed by atoms with Gasteiger partial charge in [-0.1, -0.05) is 25.1 Å². The molecule has 6 nitrogen and oxygen atoms in total. The number of halogens is 3. The number of anilines is 2. The highest BCUT2D eigenvalue weighted by Gasteiger charge is 2.34. The number of carbonyl (C=O) groups is 2. The highest BCUT2D eigenvalue weighted by atomic mass is 19.4. The van der Waals surface area contributed by atoms with Crippen LogP contribution in [0.5, 0.6) is 0 Å². The number of hydrogen-bond donors (Lipinski definition) is 2. The van der Waals surface area contributed by atoms with Gasteiger partial charge in [0.15, 0.2) is 0 Å². The normalized spacial score (nSPS) is 11.4. The van der Waals surface area contributed by atoms with Crippen LogP contribution in [0.15, 0.2) is 46.9 Å². The molecule has 1 aromatic heterocycles. The van der Waals surface area contributed by atoms with Gasteiger partial charge >= 0.3 is 12.2 Å². The standard InChI is InChI=1S/C22H22F3N3O3/c1-4-19-16(15-7-5-6-8-20(15)31-19)12-28(3)21(30)27-18-10-9-14(26-13(2)29)11-17(18)22(23,24)25/h5-11H,4,12H2,1-3H3,(H,26,29)(H,27,30). The minimum absolute atomic E-state index is 0.0105. The smallest absolute Gasteiger partial charge is 0.418 e. The minimum atomic E-state index is -4.72. The molecule has 31 heavy (non-hydrogen) atoms. The second-order valence-corrected chi connectivity index (χ2v) is 7.08. The van der Waals surface area contributed by atoms with Crippen LogP contribution in [0.4, 0.5) is 29.3 Å². The summed E-state index contributed by atoms with van der Waals surface area (Å²) in [7, 11) is 1.50. The Morgan fingerprint density at radius 1 is 1.10 bits per heavy atom. The van der Waals surface area contributed by atoms with Crippen molar-refractivity contribution in [3.8, 4) is 0 Å². The van der Waals surface area contributed by atoms with Crippen molar-refractivity contribution in [2.24, 2.45) is 0 Å². The van der Waals surface area contributed by atoms with E-state index in [4.69, 9.17) is 4.42 Å². The number of rotatable bonds is 5. The van der Waals surface area contributed by atoms with Gasteiger partial charge in [-0.15, -0.1) is 0 Å². The van der Waals surface area contributed by atoms with E-state index in [0.717, 1.165) is 28.8 Å². The maximum absolute atomic E-state index is 13.5. The van der Waals surface area contributed by atoms with E-state index >= 15 is 0 Å². The van der Waals surface area contributed by atoms with Crippen LogP contribution in [0.25, 0.3) is 11.0 Å². The number of furan rings is 1. The third kappa shape index (κ3) is 4.99. The van der Waals surface area contributed by atoms with Gasteiger partial charge < -0.3 is 20.0 Å². The number of carbonyl (C=O) groups excluding carboxylic acids is 2. The maximum Gasteiger partial charge on any atom is 0.418 e. The minimum Gasteiger partial charge on any atom is -0.461 e. The molecule has 1 heterocycles. The summed E-state index contributed by atoms with van der Waals surface area (Å²) in [6.07, 6.45) is -4.10. The van der Waals surface area contributed by atoms with Crippen molar-refractivity contribution < 1.29 is 27.2 Å². The zero-order valence-electron chi connectivity index (χ0n) is 17.3. The molecule has 0 saturated carbocycles. The molecule has 0 unspecified atom stereocenters. The highest BCUT2D eigenvalue weighted by Crippen LogP contribution is 2.37. The predicted octanol–water partition coefficient (Wildman–Crippen LogP) is 5.64. The van der Waals surface area contributed by atoms with Gasteiger partial charge in [0.05, 0.1) is 17.8 Å². The number of para-hydroxylation sites is 1. The first kappa shape index (κ1) is 22.2. The van der Waals surface area contributed by atoms with Crippen molar-refractivity contribution in [1.29, 1.82) is 0 Å². The molecule has 0 aliphatic heterocycles. The van der Waals surface area contributed by atoms with E-state index in [2.05, 4.69) is 10.6 Å². The average molecular weight is 433 g/mol. The molecule has 0 spiro atoms. The van der Waals surface area contributed by atoms with Crippen LogP contribution in [0, 0.1) is 0 Å². The van der Waals surface area contributed by atoms with E-state index in [9.17, 15) is 22.8 Å². The molecule has 0 radical (unpaired) electrons. The van der Waals surface area contributed by atoms with E-state index in [1.165, 1.54) is 24.9 Å². The number of benzene rings is 2. The lowest BCUT2D eigenvalue weighted by molar-refractivity contribution is -0.137. The van der Waals surface area contributed by atoms with Crippen LogP contribution >= 0.6 is 0 Å². The zero-order valence-corrected chi connectivity index (χ0v) is 17.3. The number of amides is 3. The molecule has 0 aliphatic rings. The summed E-state index contributed by atoms with van der Waals surface area (Å²) < 4.78 is 46.3. The van der Waals surface area contributed by atoms with Crippen molar-refractivity contribution in [1.82, 2.24) is 4.90 Å². The van der Waals surface area contributed by atoms with E-state index in [1.807, 2.05) is 31.2 Å². The molecule has 9 heteroatoms. The molecule has 3 rings (SSSR count). The summed E-state index contributed by atoms with van der Waals surface area (Å²) in [4.78, 5) is 25.1. The van der Waals surface area contributed by atoms with Gasteiger partial charge in [-0.05, 0) is 24.3 Å². The molecule has 0 atom stereocenters. The molecule has 2 N–H and O–H groups in total. The molecule has 3 amide bonds. The Balaban J connectivity index is 1.84. The third-order valence-electron chi connectivity index (χ3n) is 4.73. The van der Waals surface area contributed by atoms with Gasteiger partial charge in [-0.25, -0.2) is 4.79 Å². The van der Waals surface area contributed by atoms with Crippen LogP contribution in [-0.4, -0.2) is 23.9 Å². The van der Waals surface area contributed by atoms with Crippen molar-refractivity contribution in [2.75, 3.05) is 17.7 Å². The first-order chi connectivity index (χ1) is 14.6. The molecule has 0 aliphatic carbocycles. The van der Waals surface area contributed by atoms with E-state index in [-0.39, 0.29) is 12.2 Å². The van der Waals surface area contributed by atoms with Gasteiger partial charge in [0.25, 0.3) is 0 Å². The Bertz CT molecular complexity index is 1120. The lowest BCUT2D eigenvalue weighted by atomic mass is 10.1. The number of urea groups is 1. The fourth-order valence-corrected chi connectivity index (χ4v) is 3.30. The van der Waals surface area contributed by atoms with Gasteiger partial charge in [0.1, 0.15) is 11.3 Å². The second-order valence-electron chi connectivity index (χ2n) is 7.08. The number of fused-ring (bicyclic) bond motifs is 1. The first-order valence-electron chi connectivity index (χ1n) is 9.60. The summed E-state index contributed by atoms with van der Waals surface area (Å²) in [5.41, 5.74) is 0.0437. The van der Waals surface area contributed by atoms with Crippen LogP contribution in [-0.2, 0) is 23.9 Å². The number of aryl methyl sites for hydroxylation is 1. The Morgan fingerprint density at radius 2 is 1.81 bits per heavy atom. The van der Waals surface area contributed by atoms with Gasteiger partial charge in [-0.2, -0.15) is 13.2 Å². The van der Waals surface area contributed by atoms with Crippen molar-refractivity contribution in [2.45, 2.75) is 33.0 Å². The first-order valence-corrected chi connectivity index (χ1v) is 9.60. The third-order valence-corrected chi connectivity index (χ3v) is 4.73. The number of nitrogens with one attached hydrogen (secondary N) is 2. The molecular formula is C22H22F3N3O3. The van der Waals surface area contributed by atoms with Crippen molar-refractivity contribution in [3.05, 3.63) is 59.4 Å². The lowest BCUT2D eigenvalue weighted by Gasteiger charge is -2.21. The van der Waals surface area contributed by atoms with Crippen LogP contribution in [0.3, 0.4) is 0 Å². The quantitative estimate of drug-likeness (QED) is 0.547. The Morgan fingerprint density at radius 3 is 2.45 bits per heavy atom. The maximum atomic E-state index is 13.5. The highest BCUT2D eigenvalue weighted by molar-refractivity contribution is 5.93. The second kappa shape index (κ2) is 8.71. The van der Waals surface area contributed by atoms with Gasteiger partial charge in [-0.3, -0.25) is 4.79 Å². The number of hydrogen-bond acceptors (Lipinski definition) is 3. The van der Waals surface area contributed by atoms with Crippen LogP contribution in [0.2, 0.25) is 0 Å². The number of nitrogens with zero attached hydrogens (tertiary/aromatic N) is 1. The van der Waals surface area contributed by atoms with Gasteiger partial charge in [0, 0.05) is 37.0 Å². The monoisotopic (exact) mass is 433 g/mol. The Labute approximate surface area is 177 Å². The number of alkyl halides is 3. The largest absolute Gasteiger partial charge is 0.461 e. The molecule has 0 bridgehead atoms. The molecular weight excluding hydrogens is 411 g/mol. The predicted molar refractivity (Wildman–Crippen MR) is 112 cm³/mol. The Hall–Kier alpha value is -3.49. The average Bonchev–Trinajstić information content (AvgIpc) is 3.05. The van der Waals surface area contributed by atoms with Crippen molar-refractivity contribution >= 4 is 34.3 Å². The SMILES string of the molecule is CCc1oc2ccccc2c1CN(C)C(=O)Nc1ccc(NC(C)=O)cc1C(F)(F)F. The van der Waals surface area contributed by atoms with E-state index in [0.29, 0.717) is 12.0 Å². The molecule has 3 aromatic rings. The van der Waals surface area contributed by atoms with Crippen LogP contribution < -0.4 is 10.6 Å². The summed E-state index contributed by atoms with van der Waals surface area (Å²) >= 11 is 0. The van der Waals surface area contributed by atoms with Crippen LogP contribution in [0.1, 0.15) is 30.7 Å². The molecule has 0 saturated heterocycles. The fourth-order valence-electron chi connectivity index (χ4n) is 3.30.